The monoisotopic (exact) mass is 478 g/mol. The Morgan fingerprint density at radius 1 is 1.00 bits per heavy atom. The van der Waals surface area contributed by atoms with Gasteiger partial charge in [-0.15, -0.1) is 0 Å². The van der Waals surface area contributed by atoms with Gasteiger partial charge in [0.2, 0.25) is 0 Å². The molecule has 0 radical (unpaired) electrons. The molecule has 30 heavy (non-hydrogen) atoms. The van der Waals surface area contributed by atoms with Crippen molar-refractivity contribution in [1.29, 1.82) is 0 Å². The second-order valence-electron chi connectivity index (χ2n) is 6.18. The topological polar surface area (TPSA) is 72.8 Å². The minimum atomic E-state index is -0.580. The number of aromatic nitrogens is 2. The van der Waals surface area contributed by atoms with E-state index in [1.165, 1.54) is 18.3 Å². The molecule has 2 aromatic carbocycles. The van der Waals surface area contributed by atoms with Gasteiger partial charge in [0.15, 0.2) is 5.82 Å². The molecule has 0 bridgehead atoms. The lowest BCUT2D eigenvalue weighted by atomic mass is 10.1. The predicted octanol–water partition coefficient (Wildman–Crippen LogP) is 7.27. The normalized spacial score (nSPS) is 11.5. The van der Waals surface area contributed by atoms with Gasteiger partial charge in [0.05, 0.1) is 15.0 Å². The molecule has 2 heterocycles. The fourth-order valence-electron chi connectivity index (χ4n) is 2.89. The molecule has 0 spiro atoms. The van der Waals surface area contributed by atoms with Crippen molar-refractivity contribution in [2.45, 2.75) is 0 Å². The SMILES string of the molecule is O=[N+]([O-])c1cc(/C=N/c2c(-c3ccc(Cl)cc3Cl)nc3ccccn23)c(Cl)cc1Cl. The van der Waals surface area contributed by atoms with Gasteiger partial charge in [-0.25, -0.2) is 9.98 Å². The van der Waals surface area contributed by atoms with Gasteiger partial charge in [0.1, 0.15) is 16.4 Å². The number of halogens is 4. The van der Waals surface area contributed by atoms with Crippen LogP contribution in [0.3, 0.4) is 0 Å². The van der Waals surface area contributed by atoms with E-state index in [2.05, 4.69) is 9.98 Å². The molecule has 0 saturated carbocycles. The average molecular weight is 480 g/mol. The van der Waals surface area contributed by atoms with Crippen molar-refractivity contribution in [3.8, 4) is 11.3 Å². The molecule has 4 aromatic rings. The van der Waals surface area contributed by atoms with Crippen molar-refractivity contribution in [2.75, 3.05) is 0 Å². The van der Waals surface area contributed by atoms with Gasteiger partial charge in [-0.3, -0.25) is 14.5 Å². The molecule has 0 aliphatic rings. The molecule has 0 saturated heterocycles. The van der Waals surface area contributed by atoms with E-state index < -0.39 is 4.92 Å². The van der Waals surface area contributed by atoms with Crippen LogP contribution in [0.5, 0.6) is 0 Å². The highest BCUT2D eigenvalue weighted by Gasteiger charge is 2.18. The van der Waals surface area contributed by atoms with Crippen LogP contribution in [0.2, 0.25) is 20.1 Å². The highest BCUT2D eigenvalue weighted by atomic mass is 35.5. The van der Waals surface area contributed by atoms with Crippen molar-refractivity contribution in [3.05, 3.63) is 90.5 Å². The first-order valence-corrected chi connectivity index (χ1v) is 9.96. The summed E-state index contributed by atoms with van der Waals surface area (Å²) in [5.74, 6) is 0.475. The fourth-order valence-corrected chi connectivity index (χ4v) is 3.89. The molecule has 0 fully saturated rings. The summed E-state index contributed by atoms with van der Waals surface area (Å²) in [5.41, 5.74) is 1.90. The Morgan fingerprint density at radius 3 is 2.53 bits per heavy atom. The fraction of sp³-hybridized carbons (Fsp3) is 0. The van der Waals surface area contributed by atoms with Gasteiger partial charge >= 0.3 is 0 Å². The summed E-state index contributed by atoms with van der Waals surface area (Å²) in [6.07, 6.45) is 3.23. The summed E-state index contributed by atoms with van der Waals surface area (Å²) < 4.78 is 1.77. The Labute approximate surface area is 190 Å². The van der Waals surface area contributed by atoms with Crippen molar-refractivity contribution in [2.24, 2.45) is 4.99 Å². The average Bonchev–Trinajstić information content (AvgIpc) is 3.05. The molecule has 6 nitrogen and oxygen atoms in total. The first-order chi connectivity index (χ1) is 14.3. The zero-order chi connectivity index (χ0) is 21.4. The van der Waals surface area contributed by atoms with E-state index in [-0.39, 0.29) is 15.7 Å². The number of fused-ring (bicyclic) bond motifs is 1. The number of benzene rings is 2. The summed E-state index contributed by atoms with van der Waals surface area (Å²) in [6, 6.07) is 13.2. The van der Waals surface area contributed by atoms with Gasteiger partial charge in [0, 0.05) is 34.6 Å². The molecule has 0 amide bonds. The Bertz CT molecular complexity index is 1330. The zero-order valence-corrected chi connectivity index (χ0v) is 17.9. The molecular weight excluding hydrogens is 470 g/mol. The maximum Gasteiger partial charge on any atom is 0.288 e. The Kier molecular flexibility index (Phi) is 5.66. The zero-order valence-electron chi connectivity index (χ0n) is 14.9. The lowest BCUT2D eigenvalue weighted by molar-refractivity contribution is -0.384. The second-order valence-corrected chi connectivity index (χ2v) is 7.84. The highest BCUT2D eigenvalue weighted by molar-refractivity contribution is 6.37. The Morgan fingerprint density at radius 2 is 1.80 bits per heavy atom. The molecule has 0 N–H and O–H groups in total. The molecule has 0 aliphatic heterocycles. The third-order valence-corrected chi connectivity index (χ3v) is 5.46. The third-order valence-electron chi connectivity index (χ3n) is 4.28. The largest absolute Gasteiger partial charge is 0.288 e. The first-order valence-electron chi connectivity index (χ1n) is 8.45. The van der Waals surface area contributed by atoms with Crippen LogP contribution >= 0.6 is 46.4 Å². The summed E-state index contributed by atoms with van der Waals surface area (Å²) in [6.45, 7) is 0. The van der Waals surface area contributed by atoms with Gasteiger partial charge in [0.25, 0.3) is 5.69 Å². The van der Waals surface area contributed by atoms with E-state index in [1.807, 2.05) is 18.2 Å². The molecule has 0 atom stereocenters. The van der Waals surface area contributed by atoms with Crippen LogP contribution in [0.4, 0.5) is 11.5 Å². The number of nitro benzene ring substituents is 1. The third kappa shape index (κ3) is 3.87. The molecule has 150 valence electrons. The van der Waals surface area contributed by atoms with Crippen molar-refractivity contribution in [1.82, 2.24) is 9.38 Å². The number of nitro groups is 1. The molecule has 0 aliphatic carbocycles. The summed E-state index contributed by atoms with van der Waals surface area (Å²) >= 11 is 24.5. The van der Waals surface area contributed by atoms with Gasteiger partial charge in [-0.2, -0.15) is 0 Å². The van der Waals surface area contributed by atoms with Crippen LogP contribution in [0.15, 0.2) is 59.7 Å². The summed E-state index contributed by atoms with van der Waals surface area (Å²) in [7, 11) is 0. The minimum absolute atomic E-state index is 0.0504. The predicted molar refractivity (Wildman–Crippen MR) is 121 cm³/mol. The number of pyridine rings is 1. The number of imidazole rings is 1. The van der Waals surface area contributed by atoms with Crippen LogP contribution in [0.1, 0.15) is 5.56 Å². The van der Waals surface area contributed by atoms with Crippen molar-refractivity contribution < 1.29 is 4.92 Å². The van der Waals surface area contributed by atoms with Gasteiger partial charge in [-0.1, -0.05) is 52.5 Å². The Balaban J connectivity index is 1.89. The number of nitrogens with zero attached hydrogens (tertiary/aromatic N) is 4. The second kappa shape index (κ2) is 8.24. The van der Waals surface area contributed by atoms with Crippen LogP contribution in [0.25, 0.3) is 16.9 Å². The van der Waals surface area contributed by atoms with E-state index in [0.29, 0.717) is 38.3 Å². The molecule has 0 unspecified atom stereocenters. The van der Waals surface area contributed by atoms with Crippen molar-refractivity contribution in [3.63, 3.8) is 0 Å². The number of aliphatic imine (C=N–C) groups is 1. The molecule has 4 rings (SSSR count). The maximum absolute atomic E-state index is 11.2. The van der Waals surface area contributed by atoms with Crippen LogP contribution < -0.4 is 0 Å². The summed E-state index contributed by atoms with van der Waals surface area (Å²) in [4.78, 5) is 19.8. The van der Waals surface area contributed by atoms with E-state index in [4.69, 9.17) is 46.4 Å². The van der Waals surface area contributed by atoms with Gasteiger partial charge in [-0.05, 0) is 36.4 Å². The van der Waals surface area contributed by atoms with Crippen LogP contribution in [-0.4, -0.2) is 20.5 Å². The number of rotatable bonds is 4. The van der Waals surface area contributed by atoms with Gasteiger partial charge < -0.3 is 0 Å². The van der Waals surface area contributed by atoms with Crippen LogP contribution in [-0.2, 0) is 0 Å². The number of hydrogen-bond acceptors (Lipinski definition) is 4. The lowest BCUT2D eigenvalue weighted by Gasteiger charge is -2.04. The molecule has 2 aromatic heterocycles. The first kappa shape index (κ1) is 20.6. The number of hydrogen-bond donors (Lipinski definition) is 0. The van der Waals surface area contributed by atoms with Crippen LogP contribution in [0, 0.1) is 10.1 Å². The Hall–Kier alpha value is -2.64. The van der Waals surface area contributed by atoms with E-state index in [1.54, 1.807) is 28.8 Å². The van der Waals surface area contributed by atoms with E-state index >= 15 is 0 Å². The highest BCUT2D eigenvalue weighted by Crippen LogP contribution is 2.37. The minimum Gasteiger partial charge on any atom is -0.284 e. The van der Waals surface area contributed by atoms with E-state index in [9.17, 15) is 10.1 Å². The summed E-state index contributed by atoms with van der Waals surface area (Å²) in [5, 5.41) is 12.3. The lowest BCUT2D eigenvalue weighted by Crippen LogP contribution is -1.93. The smallest absolute Gasteiger partial charge is 0.284 e. The maximum atomic E-state index is 11.2. The van der Waals surface area contributed by atoms with E-state index in [0.717, 1.165) is 0 Å². The molecule has 10 heteroatoms. The molecular formula is C20H10Cl4N4O2. The standard InChI is InChI=1S/C20H10Cl4N4O2/c21-12-4-5-13(15(23)8-12)19-20(27-6-2-1-3-18(27)26-19)25-10-11-7-17(28(29)30)16(24)9-14(11)22/h1-10H/b25-10+. The van der Waals surface area contributed by atoms with Crippen molar-refractivity contribution >= 4 is 69.8 Å². The quantitative estimate of drug-likeness (QED) is 0.175.